The van der Waals surface area contributed by atoms with E-state index in [-0.39, 0.29) is 0 Å². The number of nitrogens with zero attached hydrogens (tertiary/aromatic N) is 1. The Morgan fingerprint density at radius 3 is 1.91 bits per heavy atom. The van der Waals surface area contributed by atoms with Crippen LogP contribution < -0.4 is 0 Å². The average molecular weight is 180 g/mol. The van der Waals surface area contributed by atoms with Gasteiger partial charge in [-0.1, -0.05) is 19.8 Å². The molecule has 0 fully saturated rings. The number of carbonyl (C=O) groups excluding carboxylic acids is 1. The molecule has 0 spiro atoms. The maximum Gasteiger partial charge on any atom is 0.209 e. The van der Waals surface area contributed by atoms with E-state index in [9.17, 15) is 4.79 Å². The molecule has 0 unspecified atom stereocenters. The number of amides is 1. The Kier molecular flexibility index (Phi) is 15.1. The Balaban J connectivity index is 0. The lowest BCUT2D eigenvalue weighted by Crippen LogP contribution is -2.06. The Labute approximate surface area is 74.5 Å². The molecule has 0 aliphatic carbocycles. The van der Waals surface area contributed by atoms with Crippen molar-refractivity contribution in [2.45, 2.75) is 26.2 Å². The van der Waals surface area contributed by atoms with E-state index in [1.165, 1.54) is 24.2 Å². The molecule has 0 N–H and O–H groups in total. The zero-order chi connectivity index (χ0) is 9.11. The Morgan fingerprint density at radius 2 is 1.82 bits per heavy atom. The van der Waals surface area contributed by atoms with Crippen molar-refractivity contribution in [3.8, 4) is 0 Å². The van der Waals surface area contributed by atoms with Gasteiger partial charge in [-0.05, 0) is 6.42 Å². The normalized spacial score (nSPS) is 8.00. The maximum absolute atomic E-state index is 9.43. The number of unbranched alkanes of at least 4 members (excludes halogenated alkanes) is 2. The lowest BCUT2D eigenvalue weighted by molar-refractivity contribution is -0.115. The first kappa shape index (κ1) is 13.4. The molecule has 0 aliphatic rings. The fourth-order valence-electron chi connectivity index (χ4n) is 0.344. The molecule has 0 aromatic heterocycles. The Morgan fingerprint density at radius 1 is 1.36 bits per heavy atom. The van der Waals surface area contributed by atoms with Gasteiger partial charge in [-0.3, -0.25) is 4.79 Å². The average Bonchev–Trinajstić information content (AvgIpc) is 2.02. The number of hydrogen-bond acceptors (Lipinski definition) is 1. The predicted molar refractivity (Wildman–Crippen MR) is 50.0 cm³/mol. The van der Waals surface area contributed by atoms with Crippen LogP contribution in [0.3, 0.4) is 0 Å². The number of rotatable bonds is 4. The van der Waals surface area contributed by atoms with Gasteiger partial charge in [0.2, 0.25) is 6.41 Å². The quantitative estimate of drug-likeness (QED) is 0.368. The van der Waals surface area contributed by atoms with Gasteiger partial charge in [0.25, 0.3) is 0 Å². The largest absolute Gasteiger partial charge is 0.351 e. The first-order chi connectivity index (χ1) is 5.18. The molecule has 2 nitrogen and oxygen atoms in total. The molecule has 0 atom stereocenters. The van der Waals surface area contributed by atoms with Gasteiger partial charge in [0.15, 0.2) is 0 Å². The van der Waals surface area contributed by atoms with Crippen molar-refractivity contribution in [1.82, 2.24) is 4.90 Å². The summed E-state index contributed by atoms with van der Waals surface area (Å²) in [5.41, 5.74) is 0. The molecular weight excluding hydrogens is 162 g/mol. The molecule has 3 heteroatoms. The standard InChI is InChI=1S/C5H11Cl.C3H7NO/c1-2-3-4-5-6;1-4(2)3-5/h2-5H2,1H3;3H,1-2H3. The molecule has 0 bridgehead atoms. The van der Waals surface area contributed by atoms with E-state index in [4.69, 9.17) is 11.6 Å². The van der Waals surface area contributed by atoms with Crippen molar-refractivity contribution in [1.29, 1.82) is 0 Å². The van der Waals surface area contributed by atoms with Crippen LogP contribution in [0.4, 0.5) is 0 Å². The minimum absolute atomic E-state index is 0.750. The molecule has 68 valence electrons. The topological polar surface area (TPSA) is 20.3 Å². The van der Waals surface area contributed by atoms with Gasteiger partial charge in [-0.15, -0.1) is 11.6 Å². The van der Waals surface area contributed by atoms with Crippen LogP contribution in [0.1, 0.15) is 26.2 Å². The highest BCUT2D eigenvalue weighted by molar-refractivity contribution is 6.17. The summed E-state index contributed by atoms with van der Waals surface area (Å²) in [6.45, 7) is 2.17. The molecule has 0 aliphatic heterocycles. The van der Waals surface area contributed by atoms with Crippen molar-refractivity contribution in [2.75, 3.05) is 20.0 Å². The van der Waals surface area contributed by atoms with Gasteiger partial charge in [0.05, 0.1) is 0 Å². The van der Waals surface area contributed by atoms with Crippen molar-refractivity contribution in [3.05, 3.63) is 0 Å². The second-order valence-electron chi connectivity index (χ2n) is 2.47. The molecule has 0 heterocycles. The molecule has 1 amide bonds. The third-order valence-corrected chi connectivity index (χ3v) is 1.22. The van der Waals surface area contributed by atoms with E-state index in [0.717, 1.165) is 12.3 Å². The van der Waals surface area contributed by atoms with Gasteiger partial charge < -0.3 is 4.90 Å². The molecule has 0 rings (SSSR count). The van der Waals surface area contributed by atoms with Crippen LogP contribution in [0.15, 0.2) is 0 Å². The van der Waals surface area contributed by atoms with Crippen LogP contribution in [0.25, 0.3) is 0 Å². The SMILES string of the molecule is CCCCCCl.CN(C)C=O. The van der Waals surface area contributed by atoms with Crippen LogP contribution in [-0.2, 0) is 4.79 Å². The number of hydrogen-bond donors (Lipinski definition) is 0. The molecule has 0 aromatic carbocycles. The van der Waals surface area contributed by atoms with E-state index in [0.29, 0.717) is 0 Å². The van der Waals surface area contributed by atoms with Gasteiger partial charge in [0, 0.05) is 20.0 Å². The van der Waals surface area contributed by atoms with Gasteiger partial charge in [-0.25, -0.2) is 0 Å². The van der Waals surface area contributed by atoms with Crippen molar-refractivity contribution < 1.29 is 4.79 Å². The zero-order valence-corrected chi connectivity index (χ0v) is 8.40. The van der Waals surface area contributed by atoms with Crippen LogP contribution in [-0.4, -0.2) is 31.3 Å². The molecule has 0 saturated carbocycles. The molecule has 0 aromatic rings. The van der Waals surface area contributed by atoms with Crippen LogP contribution in [0.5, 0.6) is 0 Å². The summed E-state index contributed by atoms with van der Waals surface area (Å²) in [5, 5.41) is 0. The summed E-state index contributed by atoms with van der Waals surface area (Å²) in [4.78, 5) is 10.9. The number of carbonyl (C=O) groups is 1. The summed E-state index contributed by atoms with van der Waals surface area (Å²) in [7, 11) is 3.38. The fourth-order valence-corrected chi connectivity index (χ4v) is 0.533. The highest BCUT2D eigenvalue weighted by Gasteiger charge is 1.76. The maximum atomic E-state index is 9.43. The highest BCUT2D eigenvalue weighted by Crippen LogP contribution is 1.93. The van der Waals surface area contributed by atoms with Crippen LogP contribution in [0.2, 0.25) is 0 Å². The van der Waals surface area contributed by atoms with E-state index in [2.05, 4.69) is 6.92 Å². The Hall–Kier alpha value is -0.240. The van der Waals surface area contributed by atoms with E-state index in [1.807, 2.05) is 0 Å². The highest BCUT2D eigenvalue weighted by atomic mass is 35.5. The second-order valence-corrected chi connectivity index (χ2v) is 2.84. The monoisotopic (exact) mass is 179 g/mol. The number of alkyl halides is 1. The fraction of sp³-hybridized carbons (Fsp3) is 0.875. The lowest BCUT2D eigenvalue weighted by Gasteiger charge is -1.93. The smallest absolute Gasteiger partial charge is 0.209 e. The molecule has 0 saturated heterocycles. The zero-order valence-electron chi connectivity index (χ0n) is 7.64. The summed E-state index contributed by atoms with van der Waals surface area (Å²) >= 11 is 5.38. The summed E-state index contributed by atoms with van der Waals surface area (Å²) in [6, 6.07) is 0. The van der Waals surface area contributed by atoms with E-state index < -0.39 is 0 Å². The third kappa shape index (κ3) is 25.9. The molecule has 0 radical (unpaired) electrons. The summed E-state index contributed by atoms with van der Waals surface area (Å²) < 4.78 is 0. The third-order valence-electron chi connectivity index (χ3n) is 0.948. The van der Waals surface area contributed by atoms with Crippen molar-refractivity contribution >= 4 is 18.0 Å². The first-order valence-corrected chi connectivity index (χ1v) is 4.40. The van der Waals surface area contributed by atoms with Gasteiger partial charge in [0.1, 0.15) is 0 Å². The first-order valence-electron chi connectivity index (χ1n) is 3.86. The lowest BCUT2D eigenvalue weighted by atomic mass is 10.3. The van der Waals surface area contributed by atoms with Crippen LogP contribution in [0, 0.1) is 0 Å². The van der Waals surface area contributed by atoms with Crippen molar-refractivity contribution in [3.63, 3.8) is 0 Å². The minimum Gasteiger partial charge on any atom is -0.351 e. The van der Waals surface area contributed by atoms with E-state index in [1.54, 1.807) is 14.1 Å². The predicted octanol–water partition coefficient (Wildman–Crippen LogP) is 2.12. The summed E-state index contributed by atoms with van der Waals surface area (Å²) in [6.07, 6.45) is 4.48. The van der Waals surface area contributed by atoms with Gasteiger partial charge >= 0.3 is 0 Å². The summed E-state index contributed by atoms with van der Waals surface area (Å²) in [5.74, 6) is 0.827. The minimum atomic E-state index is 0.750. The van der Waals surface area contributed by atoms with E-state index >= 15 is 0 Å². The van der Waals surface area contributed by atoms with Crippen LogP contribution >= 0.6 is 11.6 Å². The molecular formula is C8H18ClNO. The van der Waals surface area contributed by atoms with Gasteiger partial charge in [-0.2, -0.15) is 0 Å². The van der Waals surface area contributed by atoms with Crippen molar-refractivity contribution in [2.24, 2.45) is 0 Å². The Bertz CT molecular complexity index is 72.5. The second kappa shape index (κ2) is 12.4. The number of halogens is 1. The molecule has 11 heavy (non-hydrogen) atoms.